The number of ether oxygens (including phenoxy) is 1. The minimum absolute atomic E-state index is 0.0636. The number of carbonyl (C=O) groups is 4. The summed E-state index contributed by atoms with van der Waals surface area (Å²) in [5.74, 6) is -0.681. The highest BCUT2D eigenvalue weighted by Gasteiger charge is 2.39. The Labute approximate surface area is 136 Å². The SMILES string of the molecule is CC(=O)CCOCCNC(=O)CCN1C(=O)CC(C(C)C)C1=O. The molecule has 1 saturated heterocycles. The molecule has 0 saturated carbocycles. The van der Waals surface area contributed by atoms with Crippen LogP contribution in [0.25, 0.3) is 0 Å². The van der Waals surface area contributed by atoms with Crippen molar-refractivity contribution in [2.45, 2.75) is 40.0 Å². The lowest BCUT2D eigenvalue weighted by atomic mass is 9.94. The van der Waals surface area contributed by atoms with Crippen LogP contribution in [0.1, 0.15) is 40.0 Å². The molecule has 0 spiro atoms. The maximum absolute atomic E-state index is 12.1. The van der Waals surface area contributed by atoms with Gasteiger partial charge in [0.15, 0.2) is 0 Å². The summed E-state index contributed by atoms with van der Waals surface area (Å²) in [5.41, 5.74) is 0. The second kappa shape index (κ2) is 9.39. The van der Waals surface area contributed by atoms with Crippen LogP contribution in [-0.4, -0.2) is 54.7 Å². The minimum atomic E-state index is -0.264. The second-order valence-corrected chi connectivity index (χ2v) is 6.10. The van der Waals surface area contributed by atoms with Gasteiger partial charge in [0.2, 0.25) is 17.7 Å². The van der Waals surface area contributed by atoms with Crippen molar-refractivity contribution >= 4 is 23.5 Å². The summed E-state index contributed by atoms with van der Waals surface area (Å²) in [6.45, 7) is 6.46. The average Bonchev–Trinajstić information content (AvgIpc) is 2.75. The Balaban J connectivity index is 2.20. The molecule has 0 aliphatic carbocycles. The third kappa shape index (κ3) is 6.48. The number of rotatable bonds is 10. The van der Waals surface area contributed by atoms with Crippen LogP contribution >= 0.6 is 0 Å². The molecule has 0 aromatic rings. The van der Waals surface area contributed by atoms with E-state index in [1.165, 1.54) is 11.8 Å². The molecule has 0 aromatic heterocycles. The van der Waals surface area contributed by atoms with Crippen LogP contribution in [0.3, 0.4) is 0 Å². The number of amides is 3. The lowest BCUT2D eigenvalue weighted by molar-refractivity contribution is -0.140. The van der Waals surface area contributed by atoms with Crippen molar-refractivity contribution in [3.05, 3.63) is 0 Å². The molecule has 1 rings (SSSR count). The molecule has 1 N–H and O–H groups in total. The fraction of sp³-hybridized carbons (Fsp3) is 0.750. The molecule has 1 aliphatic rings. The number of nitrogens with zero attached hydrogens (tertiary/aromatic N) is 1. The van der Waals surface area contributed by atoms with Gasteiger partial charge < -0.3 is 10.1 Å². The summed E-state index contributed by atoms with van der Waals surface area (Å²) in [4.78, 5) is 47.5. The zero-order valence-electron chi connectivity index (χ0n) is 14.1. The highest BCUT2D eigenvalue weighted by molar-refractivity contribution is 6.03. The molecule has 7 heteroatoms. The van der Waals surface area contributed by atoms with Crippen molar-refractivity contribution in [3.8, 4) is 0 Å². The van der Waals surface area contributed by atoms with E-state index in [1.54, 1.807) is 0 Å². The molecular formula is C16H26N2O5. The van der Waals surface area contributed by atoms with Crippen molar-refractivity contribution in [1.29, 1.82) is 0 Å². The van der Waals surface area contributed by atoms with Gasteiger partial charge in [0.1, 0.15) is 5.78 Å². The van der Waals surface area contributed by atoms with Gasteiger partial charge >= 0.3 is 0 Å². The lowest BCUT2D eigenvalue weighted by Gasteiger charge is -2.16. The van der Waals surface area contributed by atoms with Gasteiger partial charge in [-0.05, 0) is 12.8 Å². The quantitative estimate of drug-likeness (QED) is 0.467. The number of ketones is 1. The van der Waals surface area contributed by atoms with Gasteiger partial charge in [0.05, 0.1) is 13.2 Å². The molecule has 1 heterocycles. The summed E-state index contributed by atoms with van der Waals surface area (Å²) >= 11 is 0. The highest BCUT2D eigenvalue weighted by atomic mass is 16.5. The fourth-order valence-electron chi connectivity index (χ4n) is 2.35. The monoisotopic (exact) mass is 326 g/mol. The van der Waals surface area contributed by atoms with E-state index in [0.29, 0.717) is 26.2 Å². The molecule has 1 fully saturated rings. The van der Waals surface area contributed by atoms with Crippen molar-refractivity contribution in [2.24, 2.45) is 11.8 Å². The zero-order chi connectivity index (χ0) is 17.4. The van der Waals surface area contributed by atoms with E-state index in [9.17, 15) is 19.2 Å². The first-order valence-corrected chi connectivity index (χ1v) is 8.01. The van der Waals surface area contributed by atoms with Crippen LogP contribution in [-0.2, 0) is 23.9 Å². The van der Waals surface area contributed by atoms with E-state index in [4.69, 9.17) is 4.74 Å². The van der Waals surface area contributed by atoms with Gasteiger partial charge in [-0.1, -0.05) is 13.8 Å². The first kappa shape index (κ1) is 19.3. The van der Waals surface area contributed by atoms with Crippen LogP contribution in [0.4, 0.5) is 0 Å². The van der Waals surface area contributed by atoms with Crippen molar-refractivity contribution in [2.75, 3.05) is 26.3 Å². The topological polar surface area (TPSA) is 92.8 Å². The zero-order valence-corrected chi connectivity index (χ0v) is 14.1. The Morgan fingerprint density at radius 1 is 1.26 bits per heavy atom. The largest absolute Gasteiger partial charge is 0.379 e. The maximum Gasteiger partial charge on any atom is 0.233 e. The molecule has 7 nitrogen and oxygen atoms in total. The molecule has 1 unspecified atom stereocenters. The molecule has 1 atom stereocenters. The number of Topliss-reactive ketones (excluding diaryl/α,β-unsaturated/α-hetero) is 1. The van der Waals surface area contributed by atoms with Gasteiger partial charge in [0.25, 0.3) is 0 Å². The molecule has 3 amide bonds. The molecule has 0 radical (unpaired) electrons. The number of nitrogens with one attached hydrogen (secondary N) is 1. The van der Waals surface area contributed by atoms with Crippen LogP contribution in [0.2, 0.25) is 0 Å². The third-order valence-electron chi connectivity index (χ3n) is 3.81. The summed E-state index contributed by atoms with van der Waals surface area (Å²) < 4.78 is 5.19. The standard InChI is InChI=1S/C16H26N2O5/c1-11(2)13-10-15(21)18(16(13)22)7-4-14(20)17-6-9-23-8-5-12(3)19/h11,13H,4-10H2,1-3H3,(H,17,20). The van der Waals surface area contributed by atoms with Gasteiger partial charge in [-0.2, -0.15) is 0 Å². The highest BCUT2D eigenvalue weighted by Crippen LogP contribution is 2.26. The van der Waals surface area contributed by atoms with E-state index in [-0.39, 0.29) is 54.7 Å². The predicted molar refractivity (Wildman–Crippen MR) is 83.4 cm³/mol. The molecular weight excluding hydrogens is 300 g/mol. The summed E-state index contributed by atoms with van der Waals surface area (Å²) in [5, 5.41) is 2.66. The van der Waals surface area contributed by atoms with Crippen LogP contribution in [0.5, 0.6) is 0 Å². The molecule has 130 valence electrons. The minimum Gasteiger partial charge on any atom is -0.379 e. The summed E-state index contributed by atoms with van der Waals surface area (Å²) in [6, 6.07) is 0. The number of carbonyl (C=O) groups excluding carboxylic acids is 4. The Bertz CT molecular complexity index is 461. The Hall–Kier alpha value is -1.76. The lowest BCUT2D eigenvalue weighted by Crippen LogP contribution is -2.36. The first-order valence-electron chi connectivity index (χ1n) is 8.01. The summed E-state index contributed by atoms with van der Waals surface area (Å²) in [7, 11) is 0. The maximum atomic E-state index is 12.1. The number of likely N-dealkylation sites (tertiary alicyclic amines) is 1. The third-order valence-corrected chi connectivity index (χ3v) is 3.81. The van der Waals surface area contributed by atoms with E-state index < -0.39 is 0 Å². The van der Waals surface area contributed by atoms with Crippen LogP contribution in [0.15, 0.2) is 0 Å². The number of imide groups is 1. The molecule has 0 aromatic carbocycles. The van der Waals surface area contributed by atoms with Gasteiger partial charge in [-0.25, -0.2) is 0 Å². The number of hydrogen-bond acceptors (Lipinski definition) is 5. The van der Waals surface area contributed by atoms with Crippen molar-refractivity contribution < 1.29 is 23.9 Å². The fourth-order valence-corrected chi connectivity index (χ4v) is 2.35. The molecule has 23 heavy (non-hydrogen) atoms. The van der Waals surface area contributed by atoms with Crippen molar-refractivity contribution in [3.63, 3.8) is 0 Å². The van der Waals surface area contributed by atoms with Crippen molar-refractivity contribution in [1.82, 2.24) is 10.2 Å². The number of hydrogen-bond donors (Lipinski definition) is 1. The first-order chi connectivity index (χ1) is 10.8. The Morgan fingerprint density at radius 3 is 2.52 bits per heavy atom. The second-order valence-electron chi connectivity index (χ2n) is 6.10. The normalized spacial score (nSPS) is 17.9. The Morgan fingerprint density at radius 2 is 1.96 bits per heavy atom. The summed E-state index contributed by atoms with van der Waals surface area (Å²) in [6.07, 6.45) is 0.696. The van der Waals surface area contributed by atoms with E-state index in [1.807, 2.05) is 13.8 Å². The van der Waals surface area contributed by atoms with Gasteiger partial charge in [0, 0.05) is 38.3 Å². The van der Waals surface area contributed by atoms with E-state index in [0.717, 1.165) is 0 Å². The Kier molecular flexibility index (Phi) is 7.88. The predicted octanol–water partition coefficient (Wildman–Crippen LogP) is 0.520. The van der Waals surface area contributed by atoms with Crippen LogP contribution < -0.4 is 5.32 Å². The van der Waals surface area contributed by atoms with Gasteiger partial charge in [-0.15, -0.1) is 0 Å². The molecule has 0 bridgehead atoms. The van der Waals surface area contributed by atoms with E-state index >= 15 is 0 Å². The average molecular weight is 326 g/mol. The molecule has 1 aliphatic heterocycles. The van der Waals surface area contributed by atoms with Crippen LogP contribution in [0, 0.1) is 11.8 Å². The van der Waals surface area contributed by atoms with E-state index in [2.05, 4.69) is 5.32 Å². The van der Waals surface area contributed by atoms with Gasteiger partial charge in [-0.3, -0.25) is 24.1 Å². The smallest absolute Gasteiger partial charge is 0.233 e.